The summed E-state index contributed by atoms with van der Waals surface area (Å²) >= 11 is 0. The third-order valence-electron chi connectivity index (χ3n) is 2.61. The lowest BCUT2D eigenvalue weighted by atomic mass is 10.00. The highest BCUT2D eigenvalue weighted by Crippen LogP contribution is 2.11. The van der Waals surface area contributed by atoms with E-state index in [0.717, 1.165) is 19.1 Å². The van der Waals surface area contributed by atoms with E-state index in [0.29, 0.717) is 12.1 Å². The van der Waals surface area contributed by atoms with Crippen LogP contribution in [0.4, 0.5) is 0 Å². The molecule has 1 N–H and O–H groups in total. The van der Waals surface area contributed by atoms with Crippen LogP contribution >= 0.6 is 0 Å². The first-order valence-corrected chi connectivity index (χ1v) is 5.06. The Morgan fingerprint density at radius 1 is 1.42 bits per heavy atom. The molecule has 0 spiro atoms. The summed E-state index contributed by atoms with van der Waals surface area (Å²) in [6.07, 6.45) is 2.57. The molecule has 0 aliphatic carbocycles. The van der Waals surface area contributed by atoms with Crippen molar-refractivity contribution in [2.45, 2.75) is 45.7 Å². The van der Waals surface area contributed by atoms with Gasteiger partial charge in [-0.1, -0.05) is 20.3 Å². The topological polar surface area (TPSA) is 21.3 Å². The van der Waals surface area contributed by atoms with Crippen LogP contribution in [0, 0.1) is 5.92 Å². The molecule has 1 rings (SSSR count). The van der Waals surface area contributed by atoms with Gasteiger partial charge in [-0.3, -0.25) is 0 Å². The van der Waals surface area contributed by atoms with Crippen molar-refractivity contribution in [1.82, 2.24) is 5.32 Å². The monoisotopic (exact) mass is 171 g/mol. The standard InChI is InChI=1S/C10H21NO/c1-4-8(2)5-9(3)11-10-6-12-7-10/h8-11H,4-7H2,1-3H3. The number of ether oxygens (including phenoxy) is 1. The van der Waals surface area contributed by atoms with Crippen molar-refractivity contribution in [3.8, 4) is 0 Å². The van der Waals surface area contributed by atoms with Crippen molar-refractivity contribution < 1.29 is 4.74 Å². The average molecular weight is 171 g/mol. The molecule has 2 unspecified atom stereocenters. The van der Waals surface area contributed by atoms with E-state index >= 15 is 0 Å². The first-order valence-electron chi connectivity index (χ1n) is 5.06. The van der Waals surface area contributed by atoms with Gasteiger partial charge in [-0.15, -0.1) is 0 Å². The summed E-state index contributed by atoms with van der Waals surface area (Å²) in [7, 11) is 0. The Hall–Kier alpha value is -0.0800. The fraction of sp³-hybridized carbons (Fsp3) is 1.00. The molecule has 0 bridgehead atoms. The van der Waals surface area contributed by atoms with Crippen LogP contribution in [-0.4, -0.2) is 25.3 Å². The predicted octanol–water partition coefficient (Wildman–Crippen LogP) is 1.80. The van der Waals surface area contributed by atoms with E-state index in [9.17, 15) is 0 Å². The summed E-state index contributed by atoms with van der Waals surface area (Å²) in [4.78, 5) is 0. The van der Waals surface area contributed by atoms with Gasteiger partial charge in [0.2, 0.25) is 0 Å². The Kier molecular flexibility index (Phi) is 4.02. The second-order valence-electron chi connectivity index (χ2n) is 4.05. The average Bonchev–Trinajstić information content (AvgIpc) is 1.97. The second-order valence-corrected chi connectivity index (χ2v) is 4.05. The first-order chi connectivity index (χ1) is 5.72. The summed E-state index contributed by atoms with van der Waals surface area (Å²) in [6, 6.07) is 1.28. The van der Waals surface area contributed by atoms with Gasteiger partial charge in [0.1, 0.15) is 0 Å². The maximum atomic E-state index is 5.10. The summed E-state index contributed by atoms with van der Waals surface area (Å²) in [5.41, 5.74) is 0. The summed E-state index contributed by atoms with van der Waals surface area (Å²) in [5.74, 6) is 0.841. The normalized spacial score (nSPS) is 23.2. The fourth-order valence-corrected chi connectivity index (χ4v) is 1.57. The van der Waals surface area contributed by atoms with Crippen molar-refractivity contribution in [3.05, 3.63) is 0 Å². The Morgan fingerprint density at radius 3 is 2.50 bits per heavy atom. The van der Waals surface area contributed by atoms with Crippen LogP contribution in [0.5, 0.6) is 0 Å². The minimum Gasteiger partial charge on any atom is -0.378 e. The number of hydrogen-bond acceptors (Lipinski definition) is 2. The van der Waals surface area contributed by atoms with Gasteiger partial charge in [0, 0.05) is 6.04 Å². The van der Waals surface area contributed by atoms with E-state index in [1.165, 1.54) is 12.8 Å². The van der Waals surface area contributed by atoms with E-state index in [4.69, 9.17) is 4.74 Å². The van der Waals surface area contributed by atoms with Gasteiger partial charge in [0.25, 0.3) is 0 Å². The molecule has 2 heteroatoms. The Labute approximate surface area is 75.7 Å². The van der Waals surface area contributed by atoms with Gasteiger partial charge in [0.15, 0.2) is 0 Å². The highest BCUT2D eigenvalue weighted by molar-refractivity contribution is 4.77. The highest BCUT2D eigenvalue weighted by Gasteiger charge is 2.20. The van der Waals surface area contributed by atoms with Gasteiger partial charge in [-0.25, -0.2) is 0 Å². The van der Waals surface area contributed by atoms with Crippen molar-refractivity contribution in [2.75, 3.05) is 13.2 Å². The van der Waals surface area contributed by atoms with E-state index in [1.54, 1.807) is 0 Å². The van der Waals surface area contributed by atoms with Gasteiger partial charge >= 0.3 is 0 Å². The van der Waals surface area contributed by atoms with E-state index < -0.39 is 0 Å². The van der Waals surface area contributed by atoms with Crippen LogP contribution in [0.3, 0.4) is 0 Å². The minimum absolute atomic E-state index is 0.629. The maximum absolute atomic E-state index is 5.10. The minimum atomic E-state index is 0.629. The molecule has 1 aliphatic heterocycles. The molecule has 0 radical (unpaired) electrons. The quantitative estimate of drug-likeness (QED) is 0.681. The predicted molar refractivity (Wildman–Crippen MR) is 51.3 cm³/mol. The molecule has 2 atom stereocenters. The SMILES string of the molecule is CCC(C)CC(C)NC1COC1. The first kappa shape index (κ1) is 10.0. The molecular formula is C10H21NO. The third kappa shape index (κ3) is 3.11. The Balaban J connectivity index is 2.05. The van der Waals surface area contributed by atoms with Crippen molar-refractivity contribution >= 4 is 0 Å². The van der Waals surface area contributed by atoms with Gasteiger partial charge in [-0.2, -0.15) is 0 Å². The summed E-state index contributed by atoms with van der Waals surface area (Å²) in [6.45, 7) is 8.65. The molecule has 1 saturated heterocycles. The molecule has 1 aliphatic rings. The van der Waals surface area contributed by atoms with Crippen LogP contribution < -0.4 is 5.32 Å². The van der Waals surface area contributed by atoms with Gasteiger partial charge in [0.05, 0.1) is 19.3 Å². The Morgan fingerprint density at radius 2 is 2.08 bits per heavy atom. The van der Waals surface area contributed by atoms with Crippen molar-refractivity contribution in [1.29, 1.82) is 0 Å². The van der Waals surface area contributed by atoms with Crippen LogP contribution in [0.25, 0.3) is 0 Å². The van der Waals surface area contributed by atoms with Crippen LogP contribution in [-0.2, 0) is 4.74 Å². The lowest BCUT2D eigenvalue weighted by Crippen LogP contribution is -2.49. The number of nitrogens with one attached hydrogen (secondary N) is 1. The van der Waals surface area contributed by atoms with E-state index in [-0.39, 0.29) is 0 Å². The molecule has 2 nitrogen and oxygen atoms in total. The van der Waals surface area contributed by atoms with Gasteiger partial charge < -0.3 is 10.1 Å². The fourth-order valence-electron chi connectivity index (χ4n) is 1.57. The third-order valence-corrected chi connectivity index (χ3v) is 2.61. The zero-order valence-corrected chi connectivity index (χ0v) is 8.47. The molecule has 0 aromatic carbocycles. The molecule has 0 aromatic heterocycles. The molecule has 1 heterocycles. The zero-order valence-electron chi connectivity index (χ0n) is 8.47. The van der Waals surface area contributed by atoms with Crippen molar-refractivity contribution in [2.24, 2.45) is 5.92 Å². The largest absolute Gasteiger partial charge is 0.378 e. The van der Waals surface area contributed by atoms with Crippen LogP contribution in [0.1, 0.15) is 33.6 Å². The molecule has 12 heavy (non-hydrogen) atoms. The lowest BCUT2D eigenvalue weighted by Gasteiger charge is -2.31. The van der Waals surface area contributed by atoms with Crippen LogP contribution in [0.2, 0.25) is 0 Å². The second kappa shape index (κ2) is 4.83. The summed E-state index contributed by atoms with van der Waals surface area (Å²) in [5, 5.41) is 3.56. The smallest absolute Gasteiger partial charge is 0.0643 e. The number of hydrogen-bond donors (Lipinski definition) is 1. The molecule has 1 fully saturated rings. The number of rotatable bonds is 5. The summed E-state index contributed by atoms with van der Waals surface area (Å²) < 4.78 is 5.10. The Bertz CT molecular complexity index is 116. The van der Waals surface area contributed by atoms with Gasteiger partial charge in [-0.05, 0) is 19.3 Å². The van der Waals surface area contributed by atoms with E-state index in [1.807, 2.05) is 0 Å². The van der Waals surface area contributed by atoms with Crippen LogP contribution in [0.15, 0.2) is 0 Å². The highest BCUT2D eigenvalue weighted by atomic mass is 16.5. The maximum Gasteiger partial charge on any atom is 0.0643 e. The molecule has 0 saturated carbocycles. The lowest BCUT2D eigenvalue weighted by molar-refractivity contribution is -0.0101. The molecule has 0 amide bonds. The van der Waals surface area contributed by atoms with E-state index in [2.05, 4.69) is 26.1 Å². The zero-order chi connectivity index (χ0) is 8.97. The molecule has 72 valence electrons. The van der Waals surface area contributed by atoms with Crippen molar-refractivity contribution in [3.63, 3.8) is 0 Å². The molecular weight excluding hydrogens is 150 g/mol. The molecule has 0 aromatic rings.